The van der Waals surface area contributed by atoms with Gasteiger partial charge in [-0.05, 0) is 43.5 Å². The van der Waals surface area contributed by atoms with Crippen molar-refractivity contribution in [2.45, 2.75) is 53.0 Å². The molecule has 0 aliphatic heterocycles. The maximum atomic E-state index is 6.13. The highest BCUT2D eigenvalue weighted by molar-refractivity contribution is 5.83. The number of hydrogen-bond acceptors (Lipinski definition) is 2. The smallest absolute Gasteiger partial charge is 0.138 e. The molecule has 0 aliphatic carbocycles. The van der Waals surface area contributed by atoms with Crippen molar-refractivity contribution >= 4 is 11.0 Å². The van der Waals surface area contributed by atoms with Crippen molar-refractivity contribution in [3.05, 3.63) is 35.1 Å². The molecule has 2 nitrogen and oxygen atoms in total. The highest BCUT2D eigenvalue weighted by atomic mass is 16.3. The third kappa shape index (κ3) is 2.84. The van der Waals surface area contributed by atoms with Gasteiger partial charge in [-0.3, -0.25) is 0 Å². The molecule has 0 bridgehead atoms. The van der Waals surface area contributed by atoms with Gasteiger partial charge in [0.25, 0.3) is 0 Å². The first-order valence-corrected chi connectivity index (χ1v) is 7.11. The third-order valence-corrected chi connectivity index (χ3v) is 3.52. The molecule has 1 atom stereocenters. The minimum atomic E-state index is 0.0980. The first kappa shape index (κ1) is 14.1. The molecule has 1 N–H and O–H groups in total. The number of hydrogen-bond donors (Lipinski definition) is 1. The molecule has 0 amide bonds. The van der Waals surface area contributed by atoms with Crippen molar-refractivity contribution in [3.8, 4) is 0 Å². The van der Waals surface area contributed by atoms with Crippen LogP contribution in [-0.2, 0) is 5.41 Å². The molecule has 1 unspecified atom stereocenters. The van der Waals surface area contributed by atoms with Gasteiger partial charge in [-0.2, -0.15) is 0 Å². The van der Waals surface area contributed by atoms with E-state index in [-0.39, 0.29) is 11.5 Å². The van der Waals surface area contributed by atoms with E-state index in [4.69, 9.17) is 4.42 Å². The SMILES string of the molecule is CCNC(C)c1cc2cc(C)cc(C(C)(C)C)c2o1. The summed E-state index contributed by atoms with van der Waals surface area (Å²) in [6.07, 6.45) is 0. The lowest BCUT2D eigenvalue weighted by atomic mass is 9.85. The number of aryl methyl sites for hydroxylation is 1. The second-order valence-corrected chi connectivity index (χ2v) is 6.41. The number of rotatable bonds is 3. The molecule has 1 aromatic heterocycles. The van der Waals surface area contributed by atoms with E-state index in [0.29, 0.717) is 0 Å². The lowest BCUT2D eigenvalue weighted by Crippen LogP contribution is -2.16. The van der Waals surface area contributed by atoms with Gasteiger partial charge in [-0.15, -0.1) is 0 Å². The maximum Gasteiger partial charge on any atom is 0.138 e. The molecule has 2 rings (SSSR count). The number of fused-ring (bicyclic) bond motifs is 1. The zero-order valence-electron chi connectivity index (χ0n) is 12.9. The third-order valence-electron chi connectivity index (χ3n) is 3.52. The van der Waals surface area contributed by atoms with Crippen LogP contribution >= 0.6 is 0 Å². The molecule has 0 aliphatic rings. The highest BCUT2D eigenvalue weighted by Gasteiger charge is 2.21. The average molecular weight is 259 g/mol. The van der Waals surface area contributed by atoms with Crippen LogP contribution in [0.25, 0.3) is 11.0 Å². The van der Waals surface area contributed by atoms with E-state index < -0.39 is 0 Å². The van der Waals surface area contributed by atoms with Gasteiger partial charge >= 0.3 is 0 Å². The Morgan fingerprint density at radius 2 is 1.89 bits per heavy atom. The molecule has 104 valence electrons. The Morgan fingerprint density at radius 1 is 1.21 bits per heavy atom. The van der Waals surface area contributed by atoms with Crippen molar-refractivity contribution in [1.82, 2.24) is 5.32 Å². The first-order chi connectivity index (χ1) is 8.82. The molecule has 0 spiro atoms. The minimum Gasteiger partial charge on any atom is -0.459 e. The maximum absolute atomic E-state index is 6.13. The molecule has 2 aromatic rings. The summed E-state index contributed by atoms with van der Waals surface area (Å²) >= 11 is 0. The van der Waals surface area contributed by atoms with Crippen LogP contribution in [0.1, 0.15) is 57.5 Å². The predicted octanol–water partition coefficient (Wildman–Crippen LogP) is 4.71. The van der Waals surface area contributed by atoms with Crippen LogP contribution < -0.4 is 5.32 Å². The van der Waals surface area contributed by atoms with Crippen LogP contribution in [-0.4, -0.2) is 6.54 Å². The van der Waals surface area contributed by atoms with Crippen molar-refractivity contribution in [1.29, 1.82) is 0 Å². The molecular weight excluding hydrogens is 234 g/mol. The van der Waals surface area contributed by atoms with E-state index in [1.165, 1.54) is 16.5 Å². The van der Waals surface area contributed by atoms with E-state index >= 15 is 0 Å². The molecule has 1 aromatic carbocycles. The quantitative estimate of drug-likeness (QED) is 0.863. The number of furan rings is 1. The second-order valence-electron chi connectivity index (χ2n) is 6.41. The van der Waals surface area contributed by atoms with Crippen LogP contribution in [0.4, 0.5) is 0 Å². The molecule has 0 radical (unpaired) electrons. The summed E-state index contributed by atoms with van der Waals surface area (Å²) in [4.78, 5) is 0. The van der Waals surface area contributed by atoms with E-state index in [1.54, 1.807) is 0 Å². The van der Waals surface area contributed by atoms with Gasteiger partial charge in [-0.1, -0.05) is 33.8 Å². The lowest BCUT2D eigenvalue weighted by molar-refractivity contribution is 0.453. The Hall–Kier alpha value is -1.28. The van der Waals surface area contributed by atoms with E-state index in [0.717, 1.165) is 17.9 Å². The van der Waals surface area contributed by atoms with Crippen molar-refractivity contribution in [2.24, 2.45) is 0 Å². The summed E-state index contributed by atoms with van der Waals surface area (Å²) in [6.45, 7) is 14.1. The van der Waals surface area contributed by atoms with Gasteiger partial charge in [0, 0.05) is 10.9 Å². The van der Waals surface area contributed by atoms with Crippen LogP contribution in [0.3, 0.4) is 0 Å². The van der Waals surface area contributed by atoms with Crippen LogP contribution in [0, 0.1) is 6.92 Å². The van der Waals surface area contributed by atoms with E-state index in [2.05, 4.69) is 65.1 Å². The van der Waals surface area contributed by atoms with Gasteiger partial charge in [-0.25, -0.2) is 0 Å². The first-order valence-electron chi connectivity index (χ1n) is 7.11. The monoisotopic (exact) mass is 259 g/mol. The Labute approximate surface area is 116 Å². The summed E-state index contributed by atoms with van der Waals surface area (Å²) in [5.41, 5.74) is 3.72. The fourth-order valence-corrected chi connectivity index (χ4v) is 2.50. The summed E-state index contributed by atoms with van der Waals surface area (Å²) in [5, 5.41) is 4.61. The molecule has 1 heterocycles. The lowest BCUT2D eigenvalue weighted by Gasteiger charge is -2.19. The Balaban J connectivity index is 2.58. The Bertz CT molecular complexity index is 575. The van der Waals surface area contributed by atoms with Gasteiger partial charge in [0.05, 0.1) is 6.04 Å². The molecule has 0 saturated heterocycles. The summed E-state index contributed by atoms with van der Waals surface area (Å²) in [5.74, 6) is 1.02. The fourth-order valence-electron chi connectivity index (χ4n) is 2.50. The van der Waals surface area contributed by atoms with Gasteiger partial charge in [0.2, 0.25) is 0 Å². The van der Waals surface area contributed by atoms with Crippen LogP contribution in [0.2, 0.25) is 0 Å². The van der Waals surface area contributed by atoms with E-state index in [9.17, 15) is 0 Å². The highest BCUT2D eigenvalue weighted by Crippen LogP contribution is 2.34. The zero-order chi connectivity index (χ0) is 14.2. The molecule has 2 heteroatoms. The molecular formula is C17H25NO. The normalized spacial score (nSPS) is 14.0. The van der Waals surface area contributed by atoms with Gasteiger partial charge in [0.1, 0.15) is 11.3 Å². The summed E-state index contributed by atoms with van der Waals surface area (Å²) in [6, 6.07) is 6.87. The fraction of sp³-hybridized carbons (Fsp3) is 0.529. The van der Waals surface area contributed by atoms with Crippen LogP contribution in [0.15, 0.2) is 22.6 Å². The van der Waals surface area contributed by atoms with Crippen molar-refractivity contribution in [3.63, 3.8) is 0 Å². The number of benzene rings is 1. The Kier molecular flexibility index (Phi) is 3.73. The topological polar surface area (TPSA) is 25.2 Å². The van der Waals surface area contributed by atoms with Crippen molar-refractivity contribution in [2.75, 3.05) is 6.54 Å². The van der Waals surface area contributed by atoms with Gasteiger partial charge in [0.15, 0.2) is 0 Å². The minimum absolute atomic E-state index is 0.0980. The largest absolute Gasteiger partial charge is 0.459 e. The molecule has 19 heavy (non-hydrogen) atoms. The van der Waals surface area contributed by atoms with Gasteiger partial charge < -0.3 is 9.73 Å². The molecule has 0 saturated carbocycles. The summed E-state index contributed by atoms with van der Waals surface area (Å²) in [7, 11) is 0. The number of nitrogens with one attached hydrogen (secondary N) is 1. The average Bonchev–Trinajstić information content (AvgIpc) is 2.70. The van der Waals surface area contributed by atoms with E-state index in [1.807, 2.05) is 0 Å². The summed E-state index contributed by atoms with van der Waals surface area (Å²) < 4.78 is 6.13. The Morgan fingerprint density at radius 3 is 2.47 bits per heavy atom. The molecule has 0 fully saturated rings. The standard InChI is InChI=1S/C17H25NO/c1-7-18-12(3)15-10-13-8-11(2)9-14(16(13)19-15)17(4,5)6/h8-10,12,18H,7H2,1-6H3. The zero-order valence-corrected chi connectivity index (χ0v) is 12.9. The van der Waals surface area contributed by atoms with Crippen LogP contribution in [0.5, 0.6) is 0 Å². The second kappa shape index (κ2) is 5.01. The van der Waals surface area contributed by atoms with Crippen molar-refractivity contribution < 1.29 is 4.42 Å². The predicted molar refractivity (Wildman–Crippen MR) is 81.7 cm³/mol.